The van der Waals surface area contributed by atoms with Crippen LogP contribution in [-0.2, 0) is 0 Å². The number of hydrogen-bond donors (Lipinski definition) is 2. The minimum absolute atomic E-state index is 0.0736. The maximum absolute atomic E-state index is 13.2. The van der Waals surface area contributed by atoms with Crippen LogP contribution >= 0.6 is 0 Å². The molecule has 25 heavy (non-hydrogen) atoms. The first-order valence-electron chi connectivity index (χ1n) is 7.95. The Morgan fingerprint density at radius 2 is 1.80 bits per heavy atom. The maximum atomic E-state index is 13.2. The van der Waals surface area contributed by atoms with E-state index >= 15 is 0 Å². The Hall–Kier alpha value is -3.21. The zero-order valence-electron chi connectivity index (χ0n) is 13.7. The van der Waals surface area contributed by atoms with Gasteiger partial charge in [0, 0.05) is 24.1 Å². The van der Waals surface area contributed by atoms with Gasteiger partial charge in [-0.05, 0) is 36.8 Å². The Bertz CT molecular complexity index is 868. The van der Waals surface area contributed by atoms with Crippen LogP contribution in [0.25, 0.3) is 0 Å². The van der Waals surface area contributed by atoms with Gasteiger partial charge in [-0.1, -0.05) is 36.4 Å². The highest BCUT2D eigenvalue weighted by molar-refractivity contribution is 6.04. The van der Waals surface area contributed by atoms with Gasteiger partial charge >= 0.3 is 0 Å². The first-order chi connectivity index (χ1) is 12.1. The number of benzene rings is 2. The molecule has 3 aromatic rings. The second kappa shape index (κ2) is 7.57. The van der Waals surface area contributed by atoms with Gasteiger partial charge < -0.3 is 10.6 Å². The Morgan fingerprint density at radius 1 is 1.00 bits per heavy atom. The molecule has 0 saturated carbocycles. The van der Waals surface area contributed by atoms with Gasteiger partial charge in [-0.3, -0.25) is 9.78 Å². The van der Waals surface area contributed by atoms with E-state index in [-0.39, 0.29) is 11.9 Å². The summed E-state index contributed by atoms with van der Waals surface area (Å²) in [4.78, 5) is 16.4. The maximum Gasteiger partial charge on any atom is 0.257 e. The van der Waals surface area contributed by atoms with Crippen molar-refractivity contribution < 1.29 is 9.18 Å². The average Bonchev–Trinajstić information content (AvgIpc) is 2.62. The molecule has 1 unspecified atom stereocenters. The highest BCUT2D eigenvalue weighted by atomic mass is 19.1. The topological polar surface area (TPSA) is 54.0 Å². The third-order valence-corrected chi connectivity index (χ3v) is 3.77. The standard InChI is InChI=1S/C20H18FN3O/c1-14(15-6-3-2-4-7-15)23-19-10-16(12-22-13-19)20(25)24-18-9-5-8-17(21)11-18/h2-14,23H,1H3,(H,24,25). The Kier molecular flexibility index (Phi) is 5.04. The average molecular weight is 335 g/mol. The molecule has 0 radical (unpaired) electrons. The molecule has 1 aromatic heterocycles. The van der Waals surface area contributed by atoms with Gasteiger partial charge in [0.2, 0.25) is 0 Å². The minimum atomic E-state index is -0.400. The summed E-state index contributed by atoms with van der Waals surface area (Å²) in [6, 6.07) is 17.6. The van der Waals surface area contributed by atoms with Crippen LogP contribution in [-0.4, -0.2) is 10.9 Å². The fraction of sp³-hybridized carbons (Fsp3) is 0.100. The molecular weight excluding hydrogens is 317 g/mol. The third-order valence-electron chi connectivity index (χ3n) is 3.77. The smallest absolute Gasteiger partial charge is 0.257 e. The van der Waals surface area contributed by atoms with Gasteiger partial charge in [0.25, 0.3) is 5.91 Å². The summed E-state index contributed by atoms with van der Waals surface area (Å²) in [5.74, 6) is -0.739. The van der Waals surface area contributed by atoms with Crippen molar-refractivity contribution >= 4 is 17.3 Å². The number of carbonyl (C=O) groups excluding carboxylic acids is 1. The molecule has 1 atom stereocenters. The number of anilines is 2. The number of hydrogen-bond acceptors (Lipinski definition) is 3. The van der Waals surface area contributed by atoms with Crippen molar-refractivity contribution in [1.82, 2.24) is 4.98 Å². The fourth-order valence-electron chi connectivity index (χ4n) is 2.49. The van der Waals surface area contributed by atoms with E-state index in [0.717, 1.165) is 11.3 Å². The van der Waals surface area contributed by atoms with E-state index in [4.69, 9.17) is 0 Å². The lowest BCUT2D eigenvalue weighted by Crippen LogP contribution is -2.13. The molecule has 0 bridgehead atoms. The molecule has 0 aliphatic heterocycles. The van der Waals surface area contributed by atoms with Crippen LogP contribution in [0.4, 0.5) is 15.8 Å². The van der Waals surface area contributed by atoms with Gasteiger partial charge in [-0.2, -0.15) is 0 Å². The second-order valence-electron chi connectivity index (χ2n) is 5.70. The molecule has 4 nitrogen and oxygen atoms in total. The van der Waals surface area contributed by atoms with E-state index in [1.54, 1.807) is 24.4 Å². The Balaban J connectivity index is 1.71. The molecule has 2 N–H and O–H groups in total. The number of halogens is 1. The summed E-state index contributed by atoms with van der Waals surface area (Å²) in [5.41, 5.74) is 2.68. The fourth-order valence-corrected chi connectivity index (χ4v) is 2.49. The van der Waals surface area contributed by atoms with Crippen molar-refractivity contribution in [1.29, 1.82) is 0 Å². The van der Waals surface area contributed by atoms with Crippen molar-refractivity contribution in [3.05, 3.63) is 90.0 Å². The number of pyridine rings is 1. The summed E-state index contributed by atoms with van der Waals surface area (Å²) in [7, 11) is 0. The monoisotopic (exact) mass is 335 g/mol. The molecule has 0 saturated heterocycles. The van der Waals surface area contributed by atoms with E-state index in [9.17, 15) is 9.18 Å². The van der Waals surface area contributed by atoms with E-state index in [1.807, 2.05) is 37.3 Å². The van der Waals surface area contributed by atoms with Crippen LogP contribution in [0.3, 0.4) is 0 Å². The normalized spacial score (nSPS) is 11.6. The number of nitrogens with zero attached hydrogens (tertiary/aromatic N) is 1. The van der Waals surface area contributed by atoms with Crippen molar-refractivity contribution in [2.45, 2.75) is 13.0 Å². The van der Waals surface area contributed by atoms with Gasteiger partial charge in [0.15, 0.2) is 0 Å². The predicted octanol–water partition coefficient (Wildman–Crippen LogP) is 4.65. The van der Waals surface area contributed by atoms with Crippen LogP contribution in [0.1, 0.15) is 28.9 Å². The summed E-state index contributed by atoms with van der Waals surface area (Å²) in [5, 5.41) is 5.99. The van der Waals surface area contributed by atoms with Gasteiger partial charge in [-0.25, -0.2) is 4.39 Å². The third kappa shape index (κ3) is 4.41. The number of nitrogens with one attached hydrogen (secondary N) is 2. The Morgan fingerprint density at radius 3 is 2.56 bits per heavy atom. The van der Waals surface area contributed by atoms with E-state index in [2.05, 4.69) is 15.6 Å². The van der Waals surface area contributed by atoms with Crippen LogP contribution in [0.2, 0.25) is 0 Å². The summed E-state index contributed by atoms with van der Waals surface area (Å²) in [6.45, 7) is 2.04. The Labute approximate surface area is 145 Å². The molecule has 0 fully saturated rings. The van der Waals surface area contributed by atoms with Crippen LogP contribution < -0.4 is 10.6 Å². The molecule has 5 heteroatoms. The van der Waals surface area contributed by atoms with E-state index in [1.165, 1.54) is 18.3 Å². The molecule has 2 aromatic carbocycles. The molecule has 0 aliphatic carbocycles. The lowest BCUT2D eigenvalue weighted by Gasteiger charge is -2.16. The van der Waals surface area contributed by atoms with Crippen molar-refractivity contribution in [3.8, 4) is 0 Å². The van der Waals surface area contributed by atoms with Crippen LogP contribution in [0.5, 0.6) is 0 Å². The predicted molar refractivity (Wildman–Crippen MR) is 97.1 cm³/mol. The van der Waals surface area contributed by atoms with Crippen molar-refractivity contribution in [2.24, 2.45) is 0 Å². The number of rotatable bonds is 5. The lowest BCUT2D eigenvalue weighted by atomic mass is 10.1. The highest BCUT2D eigenvalue weighted by Crippen LogP contribution is 2.19. The molecular formula is C20H18FN3O. The van der Waals surface area contributed by atoms with E-state index in [0.29, 0.717) is 11.3 Å². The molecule has 1 heterocycles. The van der Waals surface area contributed by atoms with Crippen molar-refractivity contribution in [3.63, 3.8) is 0 Å². The SMILES string of the molecule is CC(Nc1cncc(C(=O)Nc2cccc(F)c2)c1)c1ccccc1. The number of carbonyl (C=O) groups is 1. The summed E-state index contributed by atoms with van der Waals surface area (Å²) in [6.07, 6.45) is 3.14. The zero-order valence-corrected chi connectivity index (χ0v) is 13.7. The van der Waals surface area contributed by atoms with Gasteiger partial charge in [0.05, 0.1) is 11.3 Å². The van der Waals surface area contributed by atoms with Gasteiger partial charge in [-0.15, -0.1) is 0 Å². The quantitative estimate of drug-likeness (QED) is 0.714. The zero-order chi connectivity index (χ0) is 17.6. The summed E-state index contributed by atoms with van der Waals surface area (Å²) < 4.78 is 13.2. The molecule has 0 spiro atoms. The van der Waals surface area contributed by atoms with Gasteiger partial charge in [0.1, 0.15) is 5.82 Å². The second-order valence-corrected chi connectivity index (χ2v) is 5.70. The molecule has 3 rings (SSSR count). The van der Waals surface area contributed by atoms with E-state index < -0.39 is 5.82 Å². The largest absolute Gasteiger partial charge is 0.377 e. The first kappa shape index (κ1) is 16.6. The lowest BCUT2D eigenvalue weighted by molar-refractivity contribution is 0.102. The number of amides is 1. The number of aromatic nitrogens is 1. The molecule has 1 amide bonds. The first-order valence-corrected chi connectivity index (χ1v) is 7.95. The summed E-state index contributed by atoms with van der Waals surface area (Å²) >= 11 is 0. The van der Waals surface area contributed by atoms with Crippen LogP contribution in [0.15, 0.2) is 73.1 Å². The minimum Gasteiger partial charge on any atom is -0.377 e. The molecule has 0 aliphatic rings. The van der Waals surface area contributed by atoms with Crippen LogP contribution in [0, 0.1) is 5.82 Å². The highest BCUT2D eigenvalue weighted by Gasteiger charge is 2.10. The molecule has 126 valence electrons. The van der Waals surface area contributed by atoms with Crippen molar-refractivity contribution in [2.75, 3.05) is 10.6 Å².